The van der Waals surface area contributed by atoms with Crippen LogP contribution in [0.2, 0.25) is 0 Å². The van der Waals surface area contributed by atoms with E-state index in [1.165, 1.54) is 0 Å². The minimum Gasteiger partial charge on any atom is -0.352 e. The monoisotopic (exact) mass is 332 g/mol. The third-order valence-corrected chi connectivity index (χ3v) is 4.74. The highest BCUT2D eigenvalue weighted by molar-refractivity contribution is 7.92. The van der Waals surface area contributed by atoms with Crippen LogP contribution in [0.4, 0.5) is 14.5 Å². The molecule has 0 spiro atoms. The molecule has 0 atom stereocenters. The van der Waals surface area contributed by atoms with E-state index < -0.39 is 34.1 Å². The Balaban J connectivity index is 2.16. The highest BCUT2D eigenvalue weighted by Crippen LogP contribution is 2.21. The molecule has 1 aromatic rings. The summed E-state index contributed by atoms with van der Waals surface area (Å²) in [6.07, 6.45) is 4.72. The van der Waals surface area contributed by atoms with Gasteiger partial charge in [-0.1, -0.05) is 12.8 Å². The fraction of sp³-hybridized carbons (Fsp3) is 0.500. The second-order valence-corrected chi connectivity index (χ2v) is 7.32. The number of hydrogen-bond donors (Lipinski definition) is 1. The molecule has 1 saturated carbocycles. The third kappa shape index (κ3) is 4.16. The summed E-state index contributed by atoms with van der Waals surface area (Å²) in [7, 11) is -3.79. The van der Waals surface area contributed by atoms with Gasteiger partial charge in [0.25, 0.3) is 0 Å². The van der Waals surface area contributed by atoms with E-state index in [-0.39, 0.29) is 11.7 Å². The van der Waals surface area contributed by atoms with Gasteiger partial charge in [0.15, 0.2) is 11.6 Å². The molecule has 0 aromatic heterocycles. The largest absolute Gasteiger partial charge is 0.352 e. The van der Waals surface area contributed by atoms with Gasteiger partial charge in [0.1, 0.15) is 6.54 Å². The number of nitrogens with zero attached hydrogens (tertiary/aromatic N) is 1. The number of sulfonamides is 1. The van der Waals surface area contributed by atoms with Gasteiger partial charge in [-0.05, 0) is 25.0 Å². The van der Waals surface area contributed by atoms with Crippen LogP contribution in [0.5, 0.6) is 0 Å². The molecule has 0 aliphatic heterocycles. The molecule has 1 aliphatic rings. The average Bonchev–Trinajstić information content (AvgIpc) is 2.91. The van der Waals surface area contributed by atoms with Crippen molar-refractivity contribution in [1.29, 1.82) is 0 Å². The Labute approximate surface area is 128 Å². The molecule has 0 radical (unpaired) electrons. The minimum atomic E-state index is -3.79. The lowest BCUT2D eigenvalue weighted by Gasteiger charge is -2.23. The number of rotatable bonds is 5. The number of carbonyl (C=O) groups is 1. The second-order valence-electron chi connectivity index (χ2n) is 5.42. The van der Waals surface area contributed by atoms with Crippen molar-refractivity contribution in [3.63, 3.8) is 0 Å². The van der Waals surface area contributed by atoms with Crippen molar-refractivity contribution < 1.29 is 22.0 Å². The maximum absolute atomic E-state index is 13.3. The molecule has 0 saturated heterocycles. The first kappa shape index (κ1) is 16.7. The lowest BCUT2D eigenvalue weighted by molar-refractivity contribution is -0.120. The quantitative estimate of drug-likeness (QED) is 0.894. The lowest BCUT2D eigenvalue weighted by atomic mass is 10.2. The molecule has 0 bridgehead atoms. The van der Waals surface area contributed by atoms with Crippen LogP contribution in [-0.4, -0.2) is 33.2 Å². The van der Waals surface area contributed by atoms with Gasteiger partial charge < -0.3 is 5.32 Å². The van der Waals surface area contributed by atoms with E-state index in [9.17, 15) is 22.0 Å². The number of benzene rings is 1. The van der Waals surface area contributed by atoms with Crippen LogP contribution in [0, 0.1) is 11.6 Å². The molecule has 1 aromatic carbocycles. The summed E-state index contributed by atoms with van der Waals surface area (Å²) < 4.78 is 50.7. The molecule has 0 heterocycles. The molecule has 1 amide bonds. The van der Waals surface area contributed by atoms with Gasteiger partial charge >= 0.3 is 0 Å². The number of anilines is 1. The zero-order valence-electron chi connectivity index (χ0n) is 12.2. The summed E-state index contributed by atoms with van der Waals surface area (Å²) in [4.78, 5) is 12.0. The van der Waals surface area contributed by atoms with Crippen LogP contribution in [0.15, 0.2) is 18.2 Å². The first-order valence-electron chi connectivity index (χ1n) is 6.99. The summed E-state index contributed by atoms with van der Waals surface area (Å²) in [6.45, 7) is -0.458. The van der Waals surface area contributed by atoms with E-state index in [1.807, 2.05) is 0 Å². The van der Waals surface area contributed by atoms with Crippen LogP contribution in [-0.2, 0) is 14.8 Å². The van der Waals surface area contributed by atoms with Gasteiger partial charge in [-0.15, -0.1) is 0 Å². The summed E-state index contributed by atoms with van der Waals surface area (Å²) >= 11 is 0. The van der Waals surface area contributed by atoms with Crippen LogP contribution in [0.3, 0.4) is 0 Å². The Morgan fingerprint density at radius 3 is 2.45 bits per heavy atom. The second kappa shape index (κ2) is 6.60. The normalized spacial score (nSPS) is 15.8. The molecule has 1 fully saturated rings. The fourth-order valence-corrected chi connectivity index (χ4v) is 3.36. The number of amides is 1. The summed E-state index contributed by atoms with van der Waals surface area (Å²) in [5.74, 6) is -2.70. The highest BCUT2D eigenvalue weighted by Gasteiger charge is 2.24. The Morgan fingerprint density at radius 1 is 1.27 bits per heavy atom. The van der Waals surface area contributed by atoms with Gasteiger partial charge in [-0.25, -0.2) is 17.2 Å². The van der Waals surface area contributed by atoms with E-state index in [2.05, 4.69) is 5.32 Å². The van der Waals surface area contributed by atoms with Gasteiger partial charge in [-0.3, -0.25) is 9.10 Å². The van der Waals surface area contributed by atoms with Gasteiger partial charge in [0.2, 0.25) is 15.9 Å². The molecule has 122 valence electrons. The van der Waals surface area contributed by atoms with Gasteiger partial charge in [-0.2, -0.15) is 0 Å². The number of carbonyl (C=O) groups excluding carboxylic acids is 1. The molecule has 2 rings (SSSR count). The molecule has 0 unspecified atom stereocenters. The average molecular weight is 332 g/mol. The van der Waals surface area contributed by atoms with Crippen LogP contribution < -0.4 is 9.62 Å². The smallest absolute Gasteiger partial charge is 0.240 e. The molecule has 1 aliphatic carbocycles. The molecular formula is C14H18F2N2O3S. The number of nitrogens with one attached hydrogen (secondary N) is 1. The highest BCUT2D eigenvalue weighted by atomic mass is 32.2. The van der Waals surface area contributed by atoms with E-state index in [0.717, 1.165) is 54.4 Å². The van der Waals surface area contributed by atoms with Gasteiger partial charge in [0, 0.05) is 12.1 Å². The summed E-state index contributed by atoms with van der Waals surface area (Å²) in [6, 6.07) is 2.78. The Morgan fingerprint density at radius 2 is 1.91 bits per heavy atom. The Bertz CT molecular complexity index is 658. The maximum Gasteiger partial charge on any atom is 0.240 e. The molecule has 5 nitrogen and oxygen atoms in total. The topological polar surface area (TPSA) is 66.5 Å². The summed E-state index contributed by atoms with van der Waals surface area (Å²) in [5, 5.41) is 2.76. The van der Waals surface area contributed by atoms with Gasteiger partial charge in [0.05, 0.1) is 11.9 Å². The minimum absolute atomic E-state index is 0.0545. The fourth-order valence-electron chi connectivity index (χ4n) is 2.51. The predicted octanol–water partition coefficient (Wildman–Crippen LogP) is 1.79. The Kier molecular flexibility index (Phi) is 5.00. The predicted molar refractivity (Wildman–Crippen MR) is 78.9 cm³/mol. The first-order valence-corrected chi connectivity index (χ1v) is 8.84. The number of halogens is 2. The van der Waals surface area contributed by atoms with Crippen molar-refractivity contribution in [3.8, 4) is 0 Å². The molecule has 8 heteroatoms. The molecule has 22 heavy (non-hydrogen) atoms. The zero-order chi connectivity index (χ0) is 16.3. The van der Waals surface area contributed by atoms with Crippen LogP contribution in [0.25, 0.3) is 0 Å². The van der Waals surface area contributed by atoms with E-state index >= 15 is 0 Å². The number of hydrogen-bond acceptors (Lipinski definition) is 3. The standard InChI is InChI=1S/C14H18F2N2O3S/c1-22(20,21)18(11-6-7-12(15)13(16)8-11)9-14(19)17-10-4-2-3-5-10/h6-8,10H,2-5,9H2,1H3,(H,17,19). The van der Waals surface area contributed by atoms with Crippen molar-refractivity contribution in [3.05, 3.63) is 29.8 Å². The summed E-state index contributed by atoms with van der Waals surface area (Å²) in [5.41, 5.74) is -0.0806. The molecular weight excluding hydrogens is 314 g/mol. The van der Waals surface area contributed by atoms with Crippen molar-refractivity contribution in [2.75, 3.05) is 17.1 Å². The first-order chi connectivity index (χ1) is 10.3. The zero-order valence-corrected chi connectivity index (χ0v) is 13.0. The van der Waals surface area contributed by atoms with Crippen LogP contribution in [0.1, 0.15) is 25.7 Å². The van der Waals surface area contributed by atoms with E-state index in [0.29, 0.717) is 0 Å². The SMILES string of the molecule is CS(=O)(=O)N(CC(=O)NC1CCCC1)c1ccc(F)c(F)c1. The van der Waals surface area contributed by atoms with Crippen molar-refractivity contribution >= 4 is 21.6 Å². The lowest BCUT2D eigenvalue weighted by Crippen LogP contribution is -2.43. The molecule has 1 N–H and O–H groups in total. The van der Waals surface area contributed by atoms with Crippen molar-refractivity contribution in [2.24, 2.45) is 0 Å². The van der Waals surface area contributed by atoms with Crippen molar-refractivity contribution in [1.82, 2.24) is 5.32 Å². The maximum atomic E-state index is 13.3. The van der Waals surface area contributed by atoms with E-state index in [1.54, 1.807) is 0 Å². The van der Waals surface area contributed by atoms with E-state index in [4.69, 9.17) is 0 Å². The Hall–Kier alpha value is -1.70. The van der Waals surface area contributed by atoms with Crippen LogP contribution >= 0.6 is 0 Å². The van der Waals surface area contributed by atoms with Crippen molar-refractivity contribution in [2.45, 2.75) is 31.7 Å². The third-order valence-electron chi connectivity index (χ3n) is 3.60.